The van der Waals surface area contributed by atoms with Gasteiger partial charge in [0.2, 0.25) is 0 Å². The molecule has 0 saturated heterocycles. The van der Waals surface area contributed by atoms with E-state index in [1.54, 1.807) is 0 Å². The number of carboxylic acids is 1. The molecule has 3 nitrogen and oxygen atoms in total. The van der Waals surface area contributed by atoms with Gasteiger partial charge in [0.1, 0.15) is 5.15 Å². The van der Waals surface area contributed by atoms with Gasteiger partial charge < -0.3 is 5.11 Å². The molecular formula is C7H5Cl2NO2. The van der Waals surface area contributed by atoms with Crippen LogP contribution in [0.5, 0.6) is 0 Å². The van der Waals surface area contributed by atoms with Crippen LogP contribution in [-0.4, -0.2) is 16.1 Å². The Kier molecular flexibility index (Phi) is 2.89. The smallest absolute Gasteiger partial charge is 0.309 e. The van der Waals surface area contributed by atoms with Crippen molar-refractivity contribution in [1.82, 2.24) is 4.98 Å². The Morgan fingerprint density at radius 1 is 1.50 bits per heavy atom. The maximum absolute atomic E-state index is 10.3. The van der Waals surface area contributed by atoms with Gasteiger partial charge in [-0.05, 0) is 12.1 Å². The molecule has 1 aromatic rings. The van der Waals surface area contributed by atoms with Crippen molar-refractivity contribution in [3.05, 3.63) is 28.0 Å². The summed E-state index contributed by atoms with van der Waals surface area (Å²) in [6.07, 6.45) is -0.209. The fraction of sp³-hybridized carbons (Fsp3) is 0.143. The van der Waals surface area contributed by atoms with Gasteiger partial charge in [-0.2, -0.15) is 0 Å². The van der Waals surface area contributed by atoms with E-state index in [4.69, 9.17) is 28.3 Å². The molecule has 0 spiro atoms. The highest BCUT2D eigenvalue weighted by Crippen LogP contribution is 2.16. The van der Waals surface area contributed by atoms with Gasteiger partial charge in [0, 0.05) is 0 Å². The van der Waals surface area contributed by atoms with E-state index in [0.717, 1.165) is 0 Å². The van der Waals surface area contributed by atoms with Crippen LogP contribution in [0.1, 0.15) is 5.69 Å². The molecule has 0 atom stereocenters. The van der Waals surface area contributed by atoms with Crippen LogP contribution in [0.25, 0.3) is 0 Å². The van der Waals surface area contributed by atoms with E-state index in [2.05, 4.69) is 4.98 Å². The van der Waals surface area contributed by atoms with Gasteiger partial charge in [0.25, 0.3) is 0 Å². The summed E-state index contributed by atoms with van der Waals surface area (Å²) in [4.78, 5) is 14.1. The van der Waals surface area contributed by atoms with Gasteiger partial charge in [-0.3, -0.25) is 4.79 Å². The number of aliphatic carboxylic acids is 1. The average Bonchev–Trinajstić information content (AvgIpc) is 1.96. The molecule has 1 aromatic heterocycles. The zero-order valence-corrected chi connectivity index (χ0v) is 7.43. The van der Waals surface area contributed by atoms with Gasteiger partial charge in [-0.25, -0.2) is 4.98 Å². The van der Waals surface area contributed by atoms with Crippen molar-refractivity contribution in [3.8, 4) is 0 Å². The lowest BCUT2D eigenvalue weighted by Gasteiger charge is -1.99. The number of rotatable bonds is 2. The molecule has 0 aliphatic rings. The first-order valence-corrected chi connectivity index (χ1v) is 3.88. The van der Waals surface area contributed by atoms with Crippen molar-refractivity contribution in [2.45, 2.75) is 6.42 Å². The van der Waals surface area contributed by atoms with E-state index < -0.39 is 5.97 Å². The van der Waals surface area contributed by atoms with Crippen molar-refractivity contribution in [3.63, 3.8) is 0 Å². The lowest BCUT2D eigenvalue weighted by atomic mass is 10.3. The molecule has 0 unspecified atom stereocenters. The Hall–Kier alpha value is -0.800. The monoisotopic (exact) mass is 205 g/mol. The topological polar surface area (TPSA) is 50.2 Å². The first-order chi connectivity index (χ1) is 5.59. The second kappa shape index (κ2) is 3.74. The fourth-order valence-corrected chi connectivity index (χ4v) is 1.06. The van der Waals surface area contributed by atoms with E-state index in [9.17, 15) is 4.79 Å². The lowest BCUT2D eigenvalue weighted by Crippen LogP contribution is -2.02. The zero-order valence-electron chi connectivity index (χ0n) is 5.92. The van der Waals surface area contributed by atoms with E-state index in [0.29, 0.717) is 5.02 Å². The third-order valence-corrected chi connectivity index (χ3v) is 1.76. The van der Waals surface area contributed by atoms with Crippen LogP contribution in [-0.2, 0) is 11.2 Å². The zero-order chi connectivity index (χ0) is 9.14. The van der Waals surface area contributed by atoms with Crippen molar-refractivity contribution in [1.29, 1.82) is 0 Å². The highest BCUT2D eigenvalue weighted by molar-refractivity contribution is 6.32. The number of halogens is 2. The summed E-state index contributed by atoms with van der Waals surface area (Å²) in [6, 6.07) is 3.03. The van der Waals surface area contributed by atoms with Gasteiger partial charge in [0.15, 0.2) is 0 Å². The Bertz CT molecular complexity index is 314. The molecule has 0 radical (unpaired) electrons. The minimum absolute atomic E-state index is 0.209. The van der Waals surface area contributed by atoms with E-state index in [1.807, 2.05) is 0 Å². The molecule has 64 valence electrons. The number of nitrogens with zero attached hydrogens (tertiary/aromatic N) is 1. The van der Waals surface area contributed by atoms with Crippen LogP contribution in [0.4, 0.5) is 0 Å². The fourth-order valence-electron chi connectivity index (χ4n) is 0.725. The van der Waals surface area contributed by atoms with Crippen molar-refractivity contribution in [2.75, 3.05) is 0 Å². The summed E-state index contributed by atoms with van der Waals surface area (Å²) in [6.45, 7) is 0. The Morgan fingerprint density at radius 2 is 2.17 bits per heavy atom. The number of hydrogen-bond donors (Lipinski definition) is 1. The van der Waals surface area contributed by atoms with Crippen LogP contribution < -0.4 is 0 Å². The molecule has 0 bridgehead atoms. The lowest BCUT2D eigenvalue weighted by molar-refractivity contribution is -0.136. The normalized spacial score (nSPS) is 9.83. The molecule has 0 aliphatic carbocycles. The predicted octanol–water partition coefficient (Wildman–Crippen LogP) is 2.02. The molecule has 12 heavy (non-hydrogen) atoms. The Labute approximate surface area is 78.9 Å². The van der Waals surface area contributed by atoms with Crippen molar-refractivity contribution < 1.29 is 9.90 Å². The maximum Gasteiger partial charge on any atom is 0.309 e. The van der Waals surface area contributed by atoms with Gasteiger partial charge in [-0.1, -0.05) is 23.2 Å². The van der Waals surface area contributed by atoms with Crippen molar-refractivity contribution >= 4 is 29.2 Å². The summed E-state index contributed by atoms with van der Waals surface area (Å²) in [5.74, 6) is -0.980. The number of carboxylic acid groups (broad SMARTS) is 1. The number of aromatic nitrogens is 1. The highest BCUT2D eigenvalue weighted by atomic mass is 35.5. The first-order valence-electron chi connectivity index (χ1n) is 3.12. The largest absolute Gasteiger partial charge is 0.481 e. The quantitative estimate of drug-likeness (QED) is 0.753. The Balaban J connectivity index is 2.97. The summed E-state index contributed by atoms with van der Waals surface area (Å²) < 4.78 is 0. The molecule has 0 amide bonds. The van der Waals surface area contributed by atoms with E-state index >= 15 is 0 Å². The molecule has 0 saturated carbocycles. The molecule has 5 heteroatoms. The second-order valence-corrected chi connectivity index (χ2v) is 2.93. The summed E-state index contributed by atoms with van der Waals surface area (Å²) in [5, 5.41) is 9.01. The highest BCUT2D eigenvalue weighted by Gasteiger charge is 2.07. The molecular weight excluding hydrogens is 201 g/mol. The van der Waals surface area contributed by atoms with Crippen molar-refractivity contribution in [2.24, 2.45) is 0 Å². The second-order valence-electron chi connectivity index (χ2n) is 2.13. The number of carbonyl (C=O) groups is 1. The van der Waals surface area contributed by atoms with Gasteiger partial charge in [0.05, 0.1) is 17.1 Å². The Morgan fingerprint density at radius 3 is 2.75 bits per heavy atom. The first kappa shape index (κ1) is 9.29. The van der Waals surface area contributed by atoms with Crippen LogP contribution in [0.15, 0.2) is 12.1 Å². The van der Waals surface area contributed by atoms with Crippen LogP contribution in [0, 0.1) is 0 Å². The minimum atomic E-state index is -0.980. The van der Waals surface area contributed by atoms with Crippen LogP contribution in [0.3, 0.4) is 0 Å². The molecule has 1 heterocycles. The van der Waals surface area contributed by atoms with Gasteiger partial charge >= 0.3 is 5.97 Å². The van der Waals surface area contributed by atoms with E-state index in [1.165, 1.54) is 12.1 Å². The van der Waals surface area contributed by atoms with Crippen LogP contribution >= 0.6 is 23.2 Å². The number of pyridine rings is 1. The van der Waals surface area contributed by atoms with E-state index in [-0.39, 0.29) is 17.3 Å². The summed E-state index contributed by atoms with van der Waals surface area (Å²) in [5.41, 5.74) is 0.289. The standard InChI is InChI=1S/C7H5Cl2NO2/c8-4-1-2-6(9)10-5(4)3-7(11)12/h1-2H,3H2,(H,11,12). The third-order valence-electron chi connectivity index (χ3n) is 1.20. The van der Waals surface area contributed by atoms with Gasteiger partial charge in [-0.15, -0.1) is 0 Å². The molecule has 0 aliphatic heterocycles. The summed E-state index contributed by atoms with van der Waals surface area (Å²) in [7, 11) is 0. The predicted molar refractivity (Wildman–Crippen MR) is 45.6 cm³/mol. The molecule has 0 aromatic carbocycles. The summed E-state index contributed by atoms with van der Waals surface area (Å²) >= 11 is 11.2. The minimum Gasteiger partial charge on any atom is -0.481 e. The molecule has 1 rings (SSSR count). The average molecular weight is 206 g/mol. The number of hydrogen-bond acceptors (Lipinski definition) is 2. The molecule has 0 fully saturated rings. The molecule has 1 N–H and O–H groups in total. The third kappa shape index (κ3) is 2.36. The SMILES string of the molecule is O=C(O)Cc1nc(Cl)ccc1Cl. The maximum atomic E-state index is 10.3. The van der Waals surface area contributed by atoms with Crippen LogP contribution in [0.2, 0.25) is 10.2 Å².